The normalized spacial score (nSPS) is 20.3. The fraction of sp³-hybridized carbons (Fsp3) is 0.643. The molecule has 0 aromatic heterocycles. The number of carbonyl (C=O) groups excluding carboxylic acids is 3. The van der Waals surface area contributed by atoms with E-state index in [4.69, 9.17) is 4.74 Å². The number of likely N-dealkylation sites (tertiary alicyclic amines) is 1. The maximum atomic E-state index is 12.4. The first kappa shape index (κ1) is 19.7. The lowest BCUT2D eigenvalue weighted by molar-refractivity contribution is -0.157. The molecule has 1 aliphatic heterocycles. The van der Waals surface area contributed by atoms with Crippen LogP contribution < -0.4 is 0 Å². The largest absolute Gasteiger partial charge is 0.455 e. The number of esters is 1. The highest BCUT2D eigenvalue weighted by Crippen LogP contribution is 2.51. The van der Waals surface area contributed by atoms with Gasteiger partial charge in [-0.05, 0) is 40.2 Å². The molecule has 1 amide bonds. The molecule has 1 heterocycles. The van der Waals surface area contributed by atoms with E-state index >= 15 is 0 Å². The highest BCUT2D eigenvalue weighted by Gasteiger charge is 2.61. The number of hydrogen-bond donors (Lipinski definition) is 0. The number of β-lactam (4-membered cyclic amide) rings is 1. The molecule has 1 fully saturated rings. The fourth-order valence-electron chi connectivity index (χ4n) is 1.84. The third-order valence-electron chi connectivity index (χ3n) is 2.63. The maximum Gasteiger partial charge on any atom is 0.355 e. The Morgan fingerprint density at radius 2 is 1.73 bits per heavy atom. The molecule has 5 nitrogen and oxygen atoms in total. The Kier molecular flexibility index (Phi) is 5.95. The third-order valence-corrected chi connectivity index (χ3v) is 5.90. The summed E-state index contributed by atoms with van der Waals surface area (Å²) in [6.45, 7) is 10.1. The molecule has 0 bridgehead atoms. The first-order chi connectivity index (χ1) is 9.79. The molecular formula is C14H19Br2NO4S. The highest BCUT2D eigenvalue weighted by molar-refractivity contribution is 9.26. The standard InChI is InChI=1S/C14H19Br2NO4S/c1-7(2)9(10(19)21-13(4,5)6)17-11(20)14(15,16)12(17)22-8(3)18/h12H,1-6H3/t12-/m1/s1. The van der Waals surface area contributed by atoms with Crippen LogP contribution in [-0.2, 0) is 19.1 Å². The lowest BCUT2D eigenvalue weighted by Crippen LogP contribution is -2.66. The minimum atomic E-state index is -1.06. The number of thioether (sulfide) groups is 1. The van der Waals surface area contributed by atoms with E-state index in [1.54, 1.807) is 34.6 Å². The van der Waals surface area contributed by atoms with Crippen LogP contribution in [0.25, 0.3) is 0 Å². The van der Waals surface area contributed by atoms with Crippen molar-refractivity contribution in [3.63, 3.8) is 0 Å². The van der Waals surface area contributed by atoms with Crippen LogP contribution in [0.1, 0.15) is 41.5 Å². The van der Waals surface area contributed by atoms with Crippen molar-refractivity contribution in [1.82, 2.24) is 4.90 Å². The van der Waals surface area contributed by atoms with E-state index in [9.17, 15) is 14.4 Å². The van der Waals surface area contributed by atoms with Gasteiger partial charge in [0.25, 0.3) is 5.91 Å². The summed E-state index contributed by atoms with van der Waals surface area (Å²) in [4.78, 5) is 37.5. The van der Waals surface area contributed by atoms with Crippen molar-refractivity contribution >= 4 is 60.6 Å². The van der Waals surface area contributed by atoms with Crippen molar-refractivity contribution in [2.75, 3.05) is 0 Å². The Balaban J connectivity index is 3.17. The maximum absolute atomic E-state index is 12.4. The number of ether oxygens (including phenoxy) is 1. The molecule has 1 aliphatic rings. The van der Waals surface area contributed by atoms with Crippen molar-refractivity contribution in [2.24, 2.45) is 0 Å². The van der Waals surface area contributed by atoms with E-state index in [-0.39, 0.29) is 16.7 Å². The summed E-state index contributed by atoms with van der Waals surface area (Å²) >= 11 is 7.51. The van der Waals surface area contributed by atoms with Gasteiger partial charge in [-0.1, -0.05) is 43.6 Å². The predicted molar refractivity (Wildman–Crippen MR) is 93.7 cm³/mol. The van der Waals surface area contributed by atoms with Crippen LogP contribution in [-0.4, -0.2) is 36.1 Å². The average molecular weight is 457 g/mol. The van der Waals surface area contributed by atoms with Gasteiger partial charge in [0.15, 0.2) is 8.35 Å². The van der Waals surface area contributed by atoms with Crippen molar-refractivity contribution in [3.05, 3.63) is 11.3 Å². The summed E-state index contributed by atoms with van der Waals surface area (Å²) in [5.74, 6) is -0.918. The summed E-state index contributed by atoms with van der Waals surface area (Å²) < 4.78 is 4.32. The smallest absolute Gasteiger partial charge is 0.355 e. The van der Waals surface area contributed by atoms with Gasteiger partial charge in [0.1, 0.15) is 16.7 Å². The van der Waals surface area contributed by atoms with Crippen molar-refractivity contribution < 1.29 is 19.1 Å². The third kappa shape index (κ3) is 4.14. The van der Waals surface area contributed by atoms with Crippen LogP contribution in [0.15, 0.2) is 11.3 Å². The average Bonchev–Trinajstić information content (AvgIpc) is 2.29. The van der Waals surface area contributed by atoms with E-state index < -0.39 is 20.2 Å². The lowest BCUT2D eigenvalue weighted by atomic mass is 10.1. The summed E-state index contributed by atoms with van der Waals surface area (Å²) in [6, 6.07) is 0. The van der Waals surface area contributed by atoms with Gasteiger partial charge in [-0.2, -0.15) is 0 Å². The molecule has 0 aromatic rings. The molecule has 8 heteroatoms. The predicted octanol–water partition coefficient (Wildman–Crippen LogP) is 3.56. The van der Waals surface area contributed by atoms with Crippen LogP contribution in [0.3, 0.4) is 0 Å². The number of halogens is 2. The molecule has 0 unspecified atom stereocenters. The van der Waals surface area contributed by atoms with Gasteiger partial charge in [0.2, 0.25) is 0 Å². The molecule has 0 N–H and O–H groups in total. The second-order valence-corrected chi connectivity index (χ2v) is 10.9. The quantitative estimate of drug-likeness (QED) is 0.281. The van der Waals surface area contributed by atoms with E-state index in [0.29, 0.717) is 5.57 Å². The number of rotatable bonds is 3. The monoisotopic (exact) mass is 455 g/mol. The van der Waals surface area contributed by atoms with Gasteiger partial charge in [-0.15, -0.1) is 0 Å². The summed E-state index contributed by atoms with van der Waals surface area (Å²) in [5, 5.41) is -0.710. The summed E-state index contributed by atoms with van der Waals surface area (Å²) in [6.07, 6.45) is 0. The molecule has 0 radical (unpaired) electrons. The van der Waals surface area contributed by atoms with Crippen molar-refractivity contribution in [2.45, 2.75) is 55.8 Å². The first-order valence-corrected chi connectivity index (χ1v) is 9.05. The molecule has 0 aliphatic carbocycles. The van der Waals surface area contributed by atoms with Crippen LogP contribution in [0.5, 0.6) is 0 Å². The van der Waals surface area contributed by atoms with E-state index in [0.717, 1.165) is 11.8 Å². The number of allylic oxidation sites excluding steroid dienone is 1. The molecule has 1 atom stereocenters. The number of nitrogens with zero attached hydrogens (tertiary/aromatic N) is 1. The molecule has 22 heavy (non-hydrogen) atoms. The van der Waals surface area contributed by atoms with Gasteiger partial charge in [0, 0.05) is 6.92 Å². The zero-order valence-electron chi connectivity index (χ0n) is 13.3. The molecule has 1 saturated heterocycles. The van der Waals surface area contributed by atoms with Gasteiger partial charge in [-0.3, -0.25) is 14.5 Å². The molecular weight excluding hydrogens is 438 g/mol. The van der Waals surface area contributed by atoms with E-state index in [2.05, 4.69) is 31.9 Å². The van der Waals surface area contributed by atoms with Crippen molar-refractivity contribution in [3.8, 4) is 0 Å². The van der Waals surface area contributed by atoms with Gasteiger partial charge < -0.3 is 4.74 Å². The Bertz CT molecular complexity index is 548. The zero-order valence-corrected chi connectivity index (χ0v) is 17.3. The minimum Gasteiger partial charge on any atom is -0.455 e. The minimum absolute atomic E-state index is 0.150. The Hall–Kier alpha value is -0.340. The molecule has 0 aromatic carbocycles. The Morgan fingerprint density at radius 3 is 2.09 bits per heavy atom. The highest BCUT2D eigenvalue weighted by atomic mass is 79.9. The Morgan fingerprint density at radius 1 is 1.23 bits per heavy atom. The fourth-order valence-corrected chi connectivity index (χ4v) is 4.06. The van der Waals surface area contributed by atoms with Crippen LogP contribution >= 0.6 is 43.6 Å². The second-order valence-electron chi connectivity index (χ2n) is 6.11. The Labute approximate surface area is 151 Å². The molecule has 0 saturated carbocycles. The molecule has 124 valence electrons. The number of amides is 1. The topological polar surface area (TPSA) is 63.7 Å². The zero-order chi connectivity index (χ0) is 17.5. The summed E-state index contributed by atoms with van der Waals surface area (Å²) in [5.41, 5.74) is 0.148. The van der Waals surface area contributed by atoms with Crippen LogP contribution in [0, 0.1) is 0 Å². The number of carbonyl (C=O) groups is 3. The second kappa shape index (κ2) is 6.65. The summed E-state index contributed by atoms with van der Waals surface area (Å²) in [7, 11) is 0. The number of alkyl halides is 2. The molecule has 0 spiro atoms. The lowest BCUT2D eigenvalue weighted by Gasteiger charge is -2.49. The molecule has 1 rings (SSSR count). The van der Waals surface area contributed by atoms with Gasteiger partial charge >= 0.3 is 5.97 Å². The number of hydrogen-bond acceptors (Lipinski definition) is 5. The van der Waals surface area contributed by atoms with E-state index in [1.165, 1.54) is 11.8 Å². The van der Waals surface area contributed by atoms with Gasteiger partial charge in [0.05, 0.1) is 0 Å². The SMILES string of the molecule is CC(=O)S[C@H]1N(C(C(=O)OC(C)(C)C)=C(C)C)C(=O)C1(Br)Br. The van der Waals surface area contributed by atoms with Crippen LogP contribution in [0.4, 0.5) is 0 Å². The first-order valence-electron chi connectivity index (χ1n) is 6.58. The van der Waals surface area contributed by atoms with Crippen molar-refractivity contribution in [1.29, 1.82) is 0 Å². The van der Waals surface area contributed by atoms with Crippen LogP contribution in [0.2, 0.25) is 0 Å². The van der Waals surface area contributed by atoms with Gasteiger partial charge in [-0.25, -0.2) is 4.79 Å². The van der Waals surface area contributed by atoms with E-state index in [1.807, 2.05) is 0 Å².